The highest BCUT2D eigenvalue weighted by molar-refractivity contribution is 6.00. The molecule has 0 aliphatic rings. The molecule has 6 nitrogen and oxygen atoms in total. The van der Waals surface area contributed by atoms with Crippen LogP contribution < -0.4 is 10.7 Å². The van der Waals surface area contributed by atoms with Crippen LogP contribution in [0.1, 0.15) is 25.8 Å². The minimum atomic E-state index is -0.259. The first-order valence-corrected chi connectivity index (χ1v) is 5.53. The second-order valence-electron chi connectivity index (χ2n) is 3.83. The van der Waals surface area contributed by atoms with Crippen LogP contribution in [0.2, 0.25) is 0 Å². The Morgan fingerprint density at radius 1 is 1.39 bits per heavy atom. The molecule has 0 aliphatic carbocycles. The van der Waals surface area contributed by atoms with Crippen LogP contribution in [-0.4, -0.2) is 22.5 Å². The molecular weight excluding hydrogens is 232 g/mol. The third-order valence-corrected chi connectivity index (χ3v) is 2.03. The number of amides is 2. The molecule has 6 heteroatoms. The maximum Gasteiger partial charge on any atom is 0.236 e. The molecular formula is C12H16N4O2. The fourth-order valence-corrected chi connectivity index (χ4v) is 1.21. The number of hydrogen-bond donors (Lipinski definition) is 2. The van der Waals surface area contributed by atoms with Crippen molar-refractivity contribution in [2.45, 2.75) is 26.8 Å². The molecule has 0 spiro atoms. The SMILES string of the molecule is CC(=O)N/N=C(\C)CC(=O)NCc1cccnc1. The first-order valence-electron chi connectivity index (χ1n) is 5.53. The average molecular weight is 248 g/mol. The molecule has 0 radical (unpaired) electrons. The summed E-state index contributed by atoms with van der Waals surface area (Å²) in [6.45, 7) is 3.47. The van der Waals surface area contributed by atoms with Gasteiger partial charge in [0.15, 0.2) is 0 Å². The van der Waals surface area contributed by atoms with Crippen molar-refractivity contribution in [3.8, 4) is 0 Å². The van der Waals surface area contributed by atoms with Crippen molar-refractivity contribution in [1.82, 2.24) is 15.7 Å². The van der Waals surface area contributed by atoms with Crippen LogP contribution in [0, 0.1) is 0 Å². The lowest BCUT2D eigenvalue weighted by molar-refractivity contribution is -0.120. The van der Waals surface area contributed by atoms with Crippen LogP contribution in [0.15, 0.2) is 29.6 Å². The largest absolute Gasteiger partial charge is 0.352 e. The molecule has 96 valence electrons. The minimum Gasteiger partial charge on any atom is -0.352 e. The molecule has 0 saturated carbocycles. The van der Waals surface area contributed by atoms with E-state index in [1.54, 1.807) is 19.3 Å². The Morgan fingerprint density at radius 3 is 2.78 bits per heavy atom. The molecule has 1 aromatic rings. The number of pyridine rings is 1. The van der Waals surface area contributed by atoms with Crippen molar-refractivity contribution in [3.63, 3.8) is 0 Å². The summed E-state index contributed by atoms with van der Waals surface area (Å²) in [5, 5.41) is 6.51. The number of rotatable bonds is 5. The van der Waals surface area contributed by atoms with Crippen molar-refractivity contribution in [3.05, 3.63) is 30.1 Å². The van der Waals surface area contributed by atoms with Crippen molar-refractivity contribution in [2.75, 3.05) is 0 Å². The summed E-state index contributed by atoms with van der Waals surface area (Å²) in [4.78, 5) is 26.1. The van der Waals surface area contributed by atoms with E-state index < -0.39 is 0 Å². The highest BCUT2D eigenvalue weighted by Gasteiger charge is 2.03. The van der Waals surface area contributed by atoms with Gasteiger partial charge in [-0.1, -0.05) is 6.07 Å². The van der Waals surface area contributed by atoms with Gasteiger partial charge >= 0.3 is 0 Å². The van der Waals surface area contributed by atoms with Crippen LogP contribution in [0.5, 0.6) is 0 Å². The van der Waals surface area contributed by atoms with Crippen LogP contribution >= 0.6 is 0 Å². The molecule has 0 unspecified atom stereocenters. The van der Waals surface area contributed by atoms with Crippen molar-refractivity contribution >= 4 is 17.5 Å². The summed E-state index contributed by atoms with van der Waals surface area (Å²) in [7, 11) is 0. The van der Waals surface area contributed by atoms with Gasteiger partial charge in [0.1, 0.15) is 0 Å². The number of nitrogens with one attached hydrogen (secondary N) is 2. The summed E-state index contributed by atoms with van der Waals surface area (Å²) in [6, 6.07) is 3.69. The smallest absolute Gasteiger partial charge is 0.236 e. The molecule has 0 saturated heterocycles. The van der Waals surface area contributed by atoms with Gasteiger partial charge in [-0.3, -0.25) is 14.6 Å². The van der Waals surface area contributed by atoms with E-state index in [4.69, 9.17) is 0 Å². The lowest BCUT2D eigenvalue weighted by atomic mass is 10.2. The Labute approximate surface area is 105 Å². The average Bonchev–Trinajstić information content (AvgIpc) is 2.35. The van der Waals surface area contributed by atoms with E-state index in [0.717, 1.165) is 5.56 Å². The molecule has 18 heavy (non-hydrogen) atoms. The van der Waals surface area contributed by atoms with Gasteiger partial charge in [0.2, 0.25) is 11.8 Å². The number of carbonyl (C=O) groups excluding carboxylic acids is 2. The van der Waals surface area contributed by atoms with Crippen LogP contribution in [0.4, 0.5) is 0 Å². The van der Waals surface area contributed by atoms with Crippen LogP contribution in [0.25, 0.3) is 0 Å². The maximum absolute atomic E-state index is 11.5. The van der Waals surface area contributed by atoms with E-state index in [1.165, 1.54) is 6.92 Å². The Bertz CT molecular complexity index is 443. The number of aromatic nitrogens is 1. The number of carbonyl (C=O) groups is 2. The Kier molecular flexibility index (Phi) is 5.50. The molecule has 2 amide bonds. The molecule has 2 N–H and O–H groups in total. The van der Waals surface area contributed by atoms with Gasteiger partial charge in [0.25, 0.3) is 0 Å². The van der Waals surface area contributed by atoms with E-state index in [-0.39, 0.29) is 18.2 Å². The van der Waals surface area contributed by atoms with E-state index >= 15 is 0 Å². The monoisotopic (exact) mass is 248 g/mol. The normalized spacial score (nSPS) is 10.9. The second-order valence-corrected chi connectivity index (χ2v) is 3.83. The minimum absolute atomic E-state index is 0.148. The van der Waals surface area contributed by atoms with Gasteiger partial charge in [0, 0.05) is 31.6 Å². The molecule has 0 aromatic carbocycles. The standard InChI is InChI=1S/C12H16N4O2/c1-9(15-16-10(2)17)6-12(18)14-8-11-4-3-5-13-7-11/h3-5,7H,6,8H2,1-2H3,(H,14,18)(H,16,17)/b15-9+. The zero-order valence-electron chi connectivity index (χ0n) is 10.4. The summed E-state index contributed by atoms with van der Waals surface area (Å²) in [5.41, 5.74) is 3.77. The van der Waals surface area contributed by atoms with Crippen LogP contribution in [-0.2, 0) is 16.1 Å². The summed E-state index contributed by atoms with van der Waals surface area (Å²) >= 11 is 0. The van der Waals surface area contributed by atoms with Crippen molar-refractivity contribution < 1.29 is 9.59 Å². The van der Waals surface area contributed by atoms with E-state index in [0.29, 0.717) is 12.3 Å². The summed E-state index contributed by atoms with van der Waals surface area (Å²) in [5.74, 6) is -0.407. The summed E-state index contributed by atoms with van der Waals surface area (Å²) < 4.78 is 0. The van der Waals surface area contributed by atoms with Crippen molar-refractivity contribution in [1.29, 1.82) is 0 Å². The fourth-order valence-electron chi connectivity index (χ4n) is 1.21. The number of hydrazone groups is 1. The molecule has 1 heterocycles. The van der Waals surface area contributed by atoms with E-state index in [2.05, 4.69) is 20.8 Å². The third kappa shape index (κ3) is 5.74. The lowest BCUT2D eigenvalue weighted by Crippen LogP contribution is -2.25. The molecule has 1 aromatic heterocycles. The number of nitrogens with zero attached hydrogens (tertiary/aromatic N) is 2. The lowest BCUT2D eigenvalue weighted by Gasteiger charge is -2.04. The Hall–Kier alpha value is -2.24. The highest BCUT2D eigenvalue weighted by Crippen LogP contribution is 1.95. The Balaban J connectivity index is 2.34. The van der Waals surface area contributed by atoms with Crippen LogP contribution in [0.3, 0.4) is 0 Å². The molecule has 0 fully saturated rings. The first-order chi connectivity index (χ1) is 8.58. The van der Waals surface area contributed by atoms with Gasteiger partial charge in [-0.15, -0.1) is 0 Å². The molecule has 0 bridgehead atoms. The topological polar surface area (TPSA) is 83.5 Å². The third-order valence-electron chi connectivity index (χ3n) is 2.03. The van der Waals surface area contributed by atoms with Gasteiger partial charge < -0.3 is 5.32 Å². The Morgan fingerprint density at radius 2 is 2.17 bits per heavy atom. The van der Waals surface area contributed by atoms with Gasteiger partial charge in [0.05, 0.1) is 6.42 Å². The number of hydrogen-bond acceptors (Lipinski definition) is 4. The van der Waals surface area contributed by atoms with E-state index in [1.807, 2.05) is 12.1 Å². The van der Waals surface area contributed by atoms with Gasteiger partial charge in [-0.05, 0) is 18.6 Å². The molecule has 0 atom stereocenters. The maximum atomic E-state index is 11.5. The zero-order chi connectivity index (χ0) is 13.4. The predicted molar refractivity (Wildman–Crippen MR) is 67.6 cm³/mol. The van der Waals surface area contributed by atoms with E-state index in [9.17, 15) is 9.59 Å². The predicted octanol–water partition coefficient (Wildman–Crippen LogP) is 0.600. The molecule has 1 rings (SSSR count). The fraction of sp³-hybridized carbons (Fsp3) is 0.333. The van der Waals surface area contributed by atoms with Gasteiger partial charge in [-0.25, -0.2) is 5.43 Å². The zero-order valence-corrected chi connectivity index (χ0v) is 10.4. The quantitative estimate of drug-likeness (QED) is 0.591. The summed E-state index contributed by atoms with van der Waals surface area (Å²) in [6.07, 6.45) is 3.52. The first kappa shape index (κ1) is 13.8. The van der Waals surface area contributed by atoms with Gasteiger partial charge in [-0.2, -0.15) is 5.10 Å². The second kappa shape index (κ2) is 7.16. The van der Waals surface area contributed by atoms with Crippen molar-refractivity contribution in [2.24, 2.45) is 5.10 Å². The molecule has 0 aliphatic heterocycles. The highest BCUT2D eigenvalue weighted by atomic mass is 16.2.